The molecule has 1 aliphatic rings. The molecule has 160 valence electrons. The van der Waals surface area contributed by atoms with E-state index in [1.165, 1.54) is 17.8 Å². The zero-order chi connectivity index (χ0) is 21.4. The summed E-state index contributed by atoms with van der Waals surface area (Å²) in [4.78, 5) is 1.80. The summed E-state index contributed by atoms with van der Waals surface area (Å²) in [5.74, 6) is 0.778. The van der Waals surface area contributed by atoms with Crippen LogP contribution in [-0.2, 0) is 4.74 Å². The van der Waals surface area contributed by atoms with E-state index in [2.05, 4.69) is 0 Å². The summed E-state index contributed by atoms with van der Waals surface area (Å²) in [6.45, 7) is -0.515. The Morgan fingerprint density at radius 2 is 1.77 bits per heavy atom. The summed E-state index contributed by atoms with van der Waals surface area (Å²) in [6.07, 6.45) is -4.69. The maximum atomic E-state index is 10.5. The first kappa shape index (κ1) is 21.0. The highest BCUT2D eigenvalue weighted by atomic mass is 32.2. The molecule has 0 amide bonds. The summed E-state index contributed by atoms with van der Waals surface area (Å²) < 4.78 is 12.5. The van der Waals surface area contributed by atoms with Gasteiger partial charge in [0, 0.05) is 27.4 Å². The largest absolute Gasteiger partial charge is 0.508 e. The Labute approximate surface area is 176 Å². The number of aromatic nitrogens is 1. The number of ether oxygens (including phenoxy) is 2. The highest BCUT2D eigenvalue weighted by Crippen LogP contribution is 2.40. The molecule has 0 radical (unpaired) electrons. The molecule has 1 aromatic heterocycles. The number of benzene rings is 2. The Balaban J connectivity index is 1.75. The van der Waals surface area contributed by atoms with Crippen molar-refractivity contribution in [3.05, 3.63) is 48.7 Å². The van der Waals surface area contributed by atoms with Gasteiger partial charge in [0.05, 0.1) is 19.2 Å². The van der Waals surface area contributed by atoms with Gasteiger partial charge in [-0.15, -0.1) is 0 Å². The molecule has 5 N–H and O–H groups in total. The third-order valence-corrected chi connectivity index (χ3v) is 6.26. The van der Waals surface area contributed by atoms with Gasteiger partial charge in [0.1, 0.15) is 35.9 Å². The van der Waals surface area contributed by atoms with E-state index in [0.29, 0.717) is 5.52 Å². The monoisotopic (exact) mass is 433 g/mol. The van der Waals surface area contributed by atoms with Crippen molar-refractivity contribution in [1.29, 1.82) is 0 Å². The van der Waals surface area contributed by atoms with Crippen LogP contribution in [0.2, 0.25) is 0 Å². The summed E-state index contributed by atoms with van der Waals surface area (Å²) in [7, 11) is 1.60. The lowest BCUT2D eigenvalue weighted by molar-refractivity contribution is -0.250. The van der Waals surface area contributed by atoms with Crippen LogP contribution in [0.3, 0.4) is 0 Å². The average molecular weight is 433 g/mol. The number of methoxy groups -OCH3 is 1. The van der Waals surface area contributed by atoms with Crippen molar-refractivity contribution in [2.24, 2.45) is 0 Å². The molecule has 9 heteroatoms. The van der Waals surface area contributed by atoms with Crippen LogP contribution in [0.25, 0.3) is 10.9 Å². The van der Waals surface area contributed by atoms with Gasteiger partial charge in [-0.05, 0) is 36.4 Å². The zero-order valence-electron chi connectivity index (χ0n) is 16.1. The van der Waals surface area contributed by atoms with Crippen LogP contribution >= 0.6 is 11.8 Å². The molecule has 2 aromatic carbocycles. The smallest absolute Gasteiger partial charge is 0.163 e. The summed E-state index contributed by atoms with van der Waals surface area (Å²) in [5, 5.41) is 51.1. The van der Waals surface area contributed by atoms with Crippen LogP contribution in [0.1, 0.15) is 6.23 Å². The van der Waals surface area contributed by atoms with E-state index >= 15 is 0 Å². The Morgan fingerprint density at radius 1 is 1.03 bits per heavy atom. The van der Waals surface area contributed by atoms with Gasteiger partial charge >= 0.3 is 0 Å². The fourth-order valence-corrected chi connectivity index (χ4v) is 4.56. The summed E-state index contributed by atoms with van der Waals surface area (Å²) >= 11 is 1.48. The Bertz CT molecular complexity index is 1020. The molecular weight excluding hydrogens is 410 g/mol. The molecule has 4 rings (SSSR count). The normalized spacial score (nSPS) is 26.8. The minimum absolute atomic E-state index is 0.0347. The minimum Gasteiger partial charge on any atom is -0.508 e. The van der Waals surface area contributed by atoms with Crippen molar-refractivity contribution in [2.75, 3.05) is 13.7 Å². The standard InChI is InChI=1S/C21H23NO7S/c1-28-12-3-5-13(6-4-12)30-17-9-22(15-8-11(24)2-7-14(15)17)21-20(27)19(26)18(25)16(10-23)29-21/h2-9,16,18-21,23-27H,10H2,1H3/t16-,18-,19+,20-,21-/m1/s1. The maximum Gasteiger partial charge on any atom is 0.163 e. The van der Waals surface area contributed by atoms with E-state index in [-0.39, 0.29) is 5.75 Å². The number of hydrogen-bond donors (Lipinski definition) is 5. The van der Waals surface area contributed by atoms with Crippen LogP contribution in [0.5, 0.6) is 11.5 Å². The van der Waals surface area contributed by atoms with Crippen molar-refractivity contribution >= 4 is 22.7 Å². The molecule has 0 unspecified atom stereocenters. The molecule has 1 saturated heterocycles. The van der Waals surface area contributed by atoms with Crippen molar-refractivity contribution in [3.8, 4) is 11.5 Å². The number of nitrogens with zero attached hydrogens (tertiary/aromatic N) is 1. The first-order valence-corrected chi connectivity index (χ1v) is 10.2. The molecule has 3 aromatic rings. The predicted octanol–water partition coefficient (Wildman–Crippen LogP) is 1.48. The first-order valence-electron chi connectivity index (χ1n) is 9.39. The lowest BCUT2D eigenvalue weighted by Crippen LogP contribution is -2.56. The number of phenolic OH excluding ortho intramolecular Hbond substituents is 1. The second-order valence-electron chi connectivity index (χ2n) is 7.10. The number of aliphatic hydroxyl groups is 4. The van der Waals surface area contributed by atoms with Crippen molar-refractivity contribution in [1.82, 2.24) is 4.57 Å². The van der Waals surface area contributed by atoms with Gasteiger partial charge in [0.15, 0.2) is 6.23 Å². The number of rotatable bonds is 5. The minimum atomic E-state index is -1.49. The lowest BCUT2D eigenvalue weighted by atomic mass is 9.98. The number of fused-ring (bicyclic) bond motifs is 1. The predicted molar refractivity (Wildman–Crippen MR) is 110 cm³/mol. The lowest BCUT2D eigenvalue weighted by Gasteiger charge is -2.40. The number of phenols is 1. The van der Waals surface area contributed by atoms with Gasteiger partial charge < -0.3 is 39.6 Å². The van der Waals surface area contributed by atoms with Crippen LogP contribution in [0, 0.1) is 0 Å². The van der Waals surface area contributed by atoms with Gasteiger partial charge in [-0.25, -0.2) is 0 Å². The van der Waals surface area contributed by atoms with Crippen LogP contribution in [-0.4, -0.2) is 68.2 Å². The Kier molecular flexibility index (Phi) is 5.92. The van der Waals surface area contributed by atoms with Gasteiger partial charge in [0.2, 0.25) is 0 Å². The van der Waals surface area contributed by atoms with Gasteiger partial charge in [0.25, 0.3) is 0 Å². The number of aromatic hydroxyl groups is 1. The molecular formula is C21H23NO7S. The third-order valence-electron chi connectivity index (χ3n) is 5.21. The van der Waals surface area contributed by atoms with Crippen molar-refractivity contribution < 1.29 is 35.0 Å². The highest BCUT2D eigenvalue weighted by Gasteiger charge is 2.44. The number of aliphatic hydroxyl groups excluding tert-OH is 4. The van der Waals surface area contributed by atoms with E-state index in [1.54, 1.807) is 30.0 Å². The van der Waals surface area contributed by atoms with Crippen LogP contribution < -0.4 is 4.74 Å². The topological polar surface area (TPSA) is 125 Å². The van der Waals surface area contributed by atoms with E-state index < -0.39 is 37.3 Å². The molecule has 30 heavy (non-hydrogen) atoms. The van der Waals surface area contributed by atoms with E-state index in [4.69, 9.17) is 9.47 Å². The number of hydrogen-bond acceptors (Lipinski definition) is 8. The zero-order valence-corrected chi connectivity index (χ0v) is 16.9. The third kappa shape index (κ3) is 3.76. The molecule has 1 fully saturated rings. The first-order chi connectivity index (χ1) is 14.4. The molecule has 0 aliphatic carbocycles. The molecule has 8 nitrogen and oxygen atoms in total. The second kappa shape index (κ2) is 8.46. The molecule has 2 heterocycles. The quantitative estimate of drug-likeness (QED) is 0.410. The second-order valence-corrected chi connectivity index (χ2v) is 8.21. The van der Waals surface area contributed by atoms with Crippen LogP contribution in [0.15, 0.2) is 58.5 Å². The van der Waals surface area contributed by atoms with Crippen molar-refractivity contribution in [3.63, 3.8) is 0 Å². The van der Waals surface area contributed by atoms with E-state index in [1.807, 2.05) is 24.3 Å². The fraction of sp³-hybridized carbons (Fsp3) is 0.333. The SMILES string of the molecule is COc1ccc(Sc2cn([C@@H]3O[C@H](CO)[C@@H](O)[C@H](O)[C@H]3O)c3cc(O)ccc23)cc1. The maximum absolute atomic E-state index is 10.5. The molecule has 5 atom stereocenters. The summed E-state index contributed by atoms with van der Waals surface area (Å²) in [6, 6.07) is 12.4. The van der Waals surface area contributed by atoms with Gasteiger partial charge in [-0.3, -0.25) is 0 Å². The molecule has 0 spiro atoms. The molecule has 0 bridgehead atoms. The fourth-order valence-electron chi connectivity index (χ4n) is 3.58. The van der Waals surface area contributed by atoms with E-state index in [0.717, 1.165) is 20.9 Å². The summed E-state index contributed by atoms with van der Waals surface area (Å²) in [5.41, 5.74) is 0.579. The molecule has 1 aliphatic heterocycles. The average Bonchev–Trinajstić information content (AvgIpc) is 3.10. The van der Waals surface area contributed by atoms with Gasteiger partial charge in [-0.1, -0.05) is 11.8 Å². The van der Waals surface area contributed by atoms with Crippen molar-refractivity contribution in [2.45, 2.75) is 40.4 Å². The van der Waals surface area contributed by atoms with E-state index in [9.17, 15) is 25.5 Å². The Morgan fingerprint density at radius 3 is 2.43 bits per heavy atom. The molecule has 0 saturated carbocycles. The van der Waals surface area contributed by atoms with Crippen LogP contribution in [0.4, 0.5) is 0 Å². The Hall–Kier alpha value is -2.27. The highest BCUT2D eigenvalue weighted by molar-refractivity contribution is 7.99. The van der Waals surface area contributed by atoms with Gasteiger partial charge in [-0.2, -0.15) is 0 Å².